The third-order valence-corrected chi connectivity index (χ3v) is 12.8. The smallest absolute Gasteiger partial charge is 0.134 e. The van der Waals surface area contributed by atoms with Crippen molar-refractivity contribution in [1.82, 2.24) is 5.32 Å². The molecule has 3 aliphatic rings. The molecule has 0 saturated carbocycles. The van der Waals surface area contributed by atoms with Crippen LogP contribution in [0.1, 0.15) is 50.5 Å². The van der Waals surface area contributed by atoms with Crippen molar-refractivity contribution in [2.24, 2.45) is 4.99 Å². The maximum Gasteiger partial charge on any atom is 0.134 e. The van der Waals surface area contributed by atoms with Gasteiger partial charge in [-0.1, -0.05) is 163 Å². The summed E-state index contributed by atoms with van der Waals surface area (Å²) in [6.45, 7) is 0. The summed E-state index contributed by atoms with van der Waals surface area (Å²) in [4.78, 5) is 7.92. The predicted molar refractivity (Wildman–Crippen MR) is 229 cm³/mol. The lowest BCUT2D eigenvalue weighted by Crippen LogP contribution is -2.33. The Morgan fingerprint density at radius 3 is 2.00 bits per heavy atom. The van der Waals surface area contributed by atoms with E-state index in [0.717, 1.165) is 33.8 Å². The van der Waals surface area contributed by atoms with Crippen LogP contribution in [-0.4, -0.2) is 5.84 Å². The van der Waals surface area contributed by atoms with E-state index < -0.39 is 5.41 Å². The number of nitriles is 1. The SMILES string of the molecule is N#Cc1ccc(-c2cccc3c2-c2ccc(C4=NC(c5ccccc5)=CC(c5cccc6ccccc56)N4)cc2C32c3ccccc3Sc3ccccc32)cc1. The Labute approximate surface area is 330 Å². The van der Waals surface area contributed by atoms with Gasteiger partial charge in [-0.3, -0.25) is 0 Å². The normalized spacial score (nSPS) is 15.7. The molecule has 8 aromatic rings. The Morgan fingerprint density at radius 2 is 1.21 bits per heavy atom. The fourth-order valence-electron chi connectivity index (χ4n) is 9.20. The van der Waals surface area contributed by atoms with Crippen LogP contribution >= 0.6 is 11.8 Å². The van der Waals surface area contributed by atoms with Crippen molar-refractivity contribution in [3.63, 3.8) is 0 Å². The minimum atomic E-state index is -0.565. The maximum atomic E-state index is 9.61. The van der Waals surface area contributed by atoms with Gasteiger partial charge < -0.3 is 5.32 Å². The first-order valence-corrected chi connectivity index (χ1v) is 19.8. The number of nitrogens with one attached hydrogen (secondary N) is 1. The predicted octanol–water partition coefficient (Wildman–Crippen LogP) is 12.3. The number of benzene rings is 8. The Hall–Kier alpha value is -6.93. The molecule has 3 nitrogen and oxygen atoms in total. The van der Waals surface area contributed by atoms with Crippen molar-refractivity contribution in [3.8, 4) is 28.3 Å². The monoisotopic (exact) mass is 731 g/mol. The molecule has 1 unspecified atom stereocenters. The van der Waals surface area contributed by atoms with Crippen molar-refractivity contribution in [2.45, 2.75) is 21.2 Å². The minimum absolute atomic E-state index is 0.0984. The van der Waals surface area contributed by atoms with Gasteiger partial charge in [0.25, 0.3) is 0 Å². The van der Waals surface area contributed by atoms with Crippen LogP contribution in [0.3, 0.4) is 0 Å². The lowest BCUT2D eigenvalue weighted by molar-refractivity contribution is 0.722. The highest BCUT2D eigenvalue weighted by Gasteiger charge is 2.51. The highest BCUT2D eigenvalue weighted by Crippen LogP contribution is 2.63. The van der Waals surface area contributed by atoms with E-state index in [1.165, 1.54) is 59.5 Å². The Morgan fingerprint density at radius 1 is 0.554 bits per heavy atom. The van der Waals surface area contributed by atoms with Crippen LogP contribution in [0.15, 0.2) is 203 Å². The summed E-state index contributed by atoms with van der Waals surface area (Å²) < 4.78 is 0. The third kappa shape index (κ3) is 4.88. The van der Waals surface area contributed by atoms with Crippen molar-refractivity contribution >= 4 is 34.1 Å². The van der Waals surface area contributed by atoms with Gasteiger partial charge in [-0.25, -0.2) is 4.99 Å². The first kappa shape index (κ1) is 32.5. The number of rotatable bonds is 4. The molecule has 1 aliphatic carbocycles. The van der Waals surface area contributed by atoms with Crippen molar-refractivity contribution in [2.75, 3.05) is 0 Å². The Bertz CT molecular complexity index is 2940. The summed E-state index contributed by atoms with van der Waals surface area (Å²) in [5, 5.41) is 16.0. The summed E-state index contributed by atoms with van der Waals surface area (Å²) in [5.74, 6) is 0.845. The van der Waals surface area contributed by atoms with Crippen LogP contribution in [-0.2, 0) is 5.41 Å². The van der Waals surface area contributed by atoms with E-state index in [0.29, 0.717) is 5.56 Å². The molecule has 56 heavy (non-hydrogen) atoms. The molecule has 1 spiro atoms. The first-order valence-electron chi connectivity index (χ1n) is 19.0. The van der Waals surface area contributed by atoms with Gasteiger partial charge in [0.2, 0.25) is 0 Å². The zero-order chi connectivity index (χ0) is 37.2. The van der Waals surface area contributed by atoms with Gasteiger partial charge >= 0.3 is 0 Å². The molecule has 0 radical (unpaired) electrons. The number of hydrogen-bond acceptors (Lipinski definition) is 4. The van der Waals surface area contributed by atoms with Gasteiger partial charge in [-0.05, 0) is 103 Å². The molecule has 0 fully saturated rings. The fraction of sp³-hybridized carbons (Fsp3) is 0.0385. The molecule has 11 rings (SSSR count). The lowest BCUT2D eigenvalue weighted by Gasteiger charge is -2.39. The number of nitrogens with zero attached hydrogens (tertiary/aromatic N) is 2. The van der Waals surface area contributed by atoms with E-state index in [4.69, 9.17) is 4.99 Å². The second-order valence-corrected chi connectivity index (χ2v) is 15.7. The van der Waals surface area contributed by atoms with E-state index in [2.05, 4.69) is 187 Å². The summed E-state index contributed by atoms with van der Waals surface area (Å²) in [5.41, 5.74) is 14.1. The van der Waals surface area contributed by atoms with E-state index in [-0.39, 0.29) is 6.04 Å². The van der Waals surface area contributed by atoms with Crippen molar-refractivity contribution in [3.05, 3.63) is 233 Å². The van der Waals surface area contributed by atoms with Crippen LogP contribution in [0.4, 0.5) is 0 Å². The van der Waals surface area contributed by atoms with Gasteiger partial charge in [0.15, 0.2) is 0 Å². The van der Waals surface area contributed by atoms with Gasteiger partial charge in [0.05, 0.1) is 28.8 Å². The van der Waals surface area contributed by atoms with Crippen LogP contribution in [0.2, 0.25) is 0 Å². The van der Waals surface area contributed by atoms with Crippen LogP contribution in [0.5, 0.6) is 0 Å². The average molecular weight is 732 g/mol. The quantitative estimate of drug-likeness (QED) is 0.196. The summed E-state index contributed by atoms with van der Waals surface area (Å²) >= 11 is 1.85. The fourth-order valence-corrected chi connectivity index (χ4v) is 10.4. The molecular formula is C52H33N3S. The Kier molecular flexibility index (Phi) is 7.45. The molecule has 2 heterocycles. The van der Waals surface area contributed by atoms with Crippen LogP contribution in [0, 0.1) is 11.3 Å². The molecule has 1 atom stereocenters. The van der Waals surface area contributed by atoms with Gasteiger partial charge in [0.1, 0.15) is 5.84 Å². The molecule has 2 aliphatic heterocycles. The lowest BCUT2D eigenvalue weighted by atomic mass is 9.67. The second kappa shape index (κ2) is 12.8. The maximum absolute atomic E-state index is 9.61. The molecule has 0 saturated heterocycles. The largest absolute Gasteiger partial charge is 0.359 e. The standard InChI is InChI=1S/C52H33N3S/c53-32-33-24-26-35(27-25-33)39-17-11-21-44-50(39)41-29-28-37(30-45(41)52(44)42-19-6-8-22-48(42)56-49-23-9-7-20-43(49)52)51-54-46(36-13-2-1-3-14-36)31-47(55-51)40-18-10-15-34-12-4-5-16-38(34)40/h1-31,47H,(H,54,55). The number of fused-ring (bicyclic) bond motifs is 10. The molecule has 0 aromatic heterocycles. The van der Waals surface area contributed by atoms with E-state index in [1.807, 2.05) is 23.9 Å². The molecule has 0 bridgehead atoms. The Balaban J connectivity index is 1.17. The van der Waals surface area contributed by atoms with E-state index in [9.17, 15) is 5.26 Å². The van der Waals surface area contributed by atoms with Gasteiger partial charge in [-0.2, -0.15) is 5.26 Å². The topological polar surface area (TPSA) is 48.2 Å². The highest BCUT2D eigenvalue weighted by atomic mass is 32.2. The second-order valence-electron chi connectivity index (χ2n) is 14.6. The molecule has 262 valence electrons. The molecular weight excluding hydrogens is 699 g/mol. The summed E-state index contributed by atoms with van der Waals surface area (Å²) in [6.07, 6.45) is 2.26. The molecule has 8 aromatic carbocycles. The summed E-state index contributed by atoms with van der Waals surface area (Å²) in [7, 11) is 0. The minimum Gasteiger partial charge on any atom is -0.359 e. The van der Waals surface area contributed by atoms with Crippen molar-refractivity contribution < 1.29 is 0 Å². The zero-order valence-electron chi connectivity index (χ0n) is 30.3. The third-order valence-electron chi connectivity index (χ3n) is 11.6. The van der Waals surface area contributed by atoms with E-state index >= 15 is 0 Å². The summed E-state index contributed by atoms with van der Waals surface area (Å²) in [6, 6.07) is 67.4. The number of hydrogen-bond donors (Lipinski definition) is 1. The first-order chi connectivity index (χ1) is 27.7. The van der Waals surface area contributed by atoms with Crippen molar-refractivity contribution in [1.29, 1.82) is 5.26 Å². The number of aliphatic imine (C=N–C) groups is 1. The number of amidine groups is 1. The average Bonchev–Trinajstić information content (AvgIpc) is 3.56. The molecule has 0 amide bonds. The van der Waals surface area contributed by atoms with Gasteiger partial charge in [0, 0.05) is 15.4 Å². The van der Waals surface area contributed by atoms with Gasteiger partial charge in [-0.15, -0.1) is 0 Å². The van der Waals surface area contributed by atoms with Crippen LogP contribution in [0.25, 0.3) is 38.7 Å². The molecule has 4 heteroatoms. The molecule has 1 N–H and O–H groups in total. The zero-order valence-corrected chi connectivity index (χ0v) is 31.1. The van der Waals surface area contributed by atoms with Crippen LogP contribution < -0.4 is 5.32 Å². The highest BCUT2D eigenvalue weighted by molar-refractivity contribution is 7.99. The van der Waals surface area contributed by atoms with E-state index in [1.54, 1.807) is 0 Å².